The van der Waals surface area contributed by atoms with E-state index in [2.05, 4.69) is 57.7 Å². The zero-order valence-corrected chi connectivity index (χ0v) is 28.8. The van der Waals surface area contributed by atoms with E-state index in [0.29, 0.717) is 21.9 Å². The van der Waals surface area contributed by atoms with Crippen LogP contribution in [-0.4, -0.2) is 46.0 Å². The lowest BCUT2D eigenvalue weighted by atomic mass is 9.84. The first-order valence-corrected chi connectivity index (χ1v) is 17.6. The number of aryl methyl sites for hydroxylation is 2. The van der Waals surface area contributed by atoms with Crippen LogP contribution in [0, 0.1) is 25.1 Å². The molecule has 7 heteroatoms. The molecule has 2 aliphatic rings. The van der Waals surface area contributed by atoms with Gasteiger partial charge in [0.15, 0.2) is 0 Å². The average molecular weight is 739 g/mol. The minimum atomic E-state index is -0.525. The molecular formula is C38H41ClFIN2O2. The molecule has 0 N–H and O–H groups in total. The van der Waals surface area contributed by atoms with Gasteiger partial charge in [-0.2, -0.15) is 0 Å². The molecular weight excluding hydrogens is 698 g/mol. The molecule has 5 rings (SSSR count). The maximum absolute atomic E-state index is 13.6. The molecule has 3 aromatic carbocycles. The van der Waals surface area contributed by atoms with Crippen LogP contribution in [0.25, 0.3) is 5.57 Å². The zero-order chi connectivity index (χ0) is 31.8. The predicted molar refractivity (Wildman–Crippen MR) is 191 cm³/mol. The highest BCUT2D eigenvalue weighted by Gasteiger charge is 2.35. The van der Waals surface area contributed by atoms with Crippen molar-refractivity contribution >= 4 is 45.9 Å². The molecule has 3 aromatic rings. The third kappa shape index (κ3) is 8.90. The molecule has 0 aromatic heterocycles. The van der Waals surface area contributed by atoms with Gasteiger partial charge < -0.3 is 9.64 Å². The van der Waals surface area contributed by atoms with Gasteiger partial charge in [-0.25, -0.2) is 9.18 Å². The van der Waals surface area contributed by atoms with E-state index in [0.717, 1.165) is 40.7 Å². The summed E-state index contributed by atoms with van der Waals surface area (Å²) in [6.45, 7) is 6.11. The summed E-state index contributed by atoms with van der Waals surface area (Å²) in [5, 5.41) is 0.638. The number of alkyl halides is 1. The lowest BCUT2D eigenvalue weighted by molar-refractivity contribution is 0.138. The molecule has 1 saturated heterocycles. The van der Waals surface area contributed by atoms with Crippen LogP contribution in [0.5, 0.6) is 5.75 Å². The largest absolute Gasteiger partial charge is 0.416 e. The highest BCUT2D eigenvalue weighted by molar-refractivity contribution is 14.1. The molecule has 2 aliphatic heterocycles. The fourth-order valence-corrected chi connectivity index (χ4v) is 7.64. The molecule has 0 saturated carbocycles. The summed E-state index contributed by atoms with van der Waals surface area (Å²) in [6, 6.07) is 19.2. The number of amides is 1. The molecule has 0 radical (unpaired) electrons. The van der Waals surface area contributed by atoms with Crippen molar-refractivity contribution in [1.29, 1.82) is 0 Å². The number of ether oxygens (including phenoxy) is 1. The Kier molecular flexibility index (Phi) is 12.0. The standard InChI is InChI=1S/C38H41ClFIN2O2/c1-3-34-35(36-25-30(39)16-11-27(36)2)21-24-43(38(44)45-33-19-17-31(40)18-20-33)37(34)29-14-12-28(13-15-29)9-8-10-32(41)26-42-22-6-4-5-7-23-42/h1,11-20,25,32,37H,4-10,21-24,26H2,2H3. The molecule has 0 aliphatic carbocycles. The van der Waals surface area contributed by atoms with Gasteiger partial charge in [0.05, 0.1) is 6.04 Å². The van der Waals surface area contributed by atoms with Crippen LogP contribution in [0.2, 0.25) is 5.02 Å². The van der Waals surface area contributed by atoms with Crippen molar-refractivity contribution in [3.05, 3.63) is 105 Å². The Labute approximate surface area is 286 Å². The fourth-order valence-electron chi connectivity index (χ4n) is 6.47. The fraction of sp³-hybridized carbons (Fsp3) is 0.395. The first-order valence-electron chi connectivity index (χ1n) is 16.0. The summed E-state index contributed by atoms with van der Waals surface area (Å²) in [5.41, 5.74) is 5.99. The number of hydrogen-bond acceptors (Lipinski definition) is 3. The summed E-state index contributed by atoms with van der Waals surface area (Å²) in [5.74, 6) is 2.82. The van der Waals surface area contributed by atoms with Crippen LogP contribution < -0.4 is 4.74 Å². The van der Waals surface area contributed by atoms with Crippen molar-refractivity contribution in [3.63, 3.8) is 0 Å². The Morgan fingerprint density at radius 3 is 2.44 bits per heavy atom. The number of rotatable bonds is 9. The summed E-state index contributed by atoms with van der Waals surface area (Å²) in [4.78, 5) is 17.9. The average Bonchev–Trinajstić information content (AvgIpc) is 3.31. The highest BCUT2D eigenvalue weighted by atomic mass is 127. The number of likely N-dealkylation sites (tertiary alicyclic amines) is 1. The first kappa shape index (κ1) is 33.5. The van der Waals surface area contributed by atoms with Crippen LogP contribution in [-0.2, 0) is 6.42 Å². The second-order valence-corrected chi connectivity index (χ2v) is 14.3. The van der Waals surface area contributed by atoms with E-state index in [9.17, 15) is 9.18 Å². The van der Waals surface area contributed by atoms with Gasteiger partial charge in [-0.3, -0.25) is 4.90 Å². The van der Waals surface area contributed by atoms with Gasteiger partial charge in [-0.15, -0.1) is 6.42 Å². The number of halogens is 3. The minimum absolute atomic E-state index is 0.280. The van der Waals surface area contributed by atoms with E-state index in [4.69, 9.17) is 22.8 Å². The molecule has 0 spiro atoms. The van der Waals surface area contributed by atoms with Gasteiger partial charge in [0, 0.05) is 27.6 Å². The van der Waals surface area contributed by atoms with Crippen molar-refractivity contribution in [2.75, 3.05) is 26.2 Å². The topological polar surface area (TPSA) is 32.8 Å². The second-order valence-electron chi connectivity index (χ2n) is 12.1. The van der Waals surface area contributed by atoms with Gasteiger partial charge in [0.25, 0.3) is 0 Å². The summed E-state index contributed by atoms with van der Waals surface area (Å²) in [6.07, 6.45) is 15.0. The number of carbonyl (C=O) groups is 1. The number of nitrogens with zero attached hydrogens (tertiary/aromatic N) is 2. The second kappa shape index (κ2) is 16.1. The van der Waals surface area contributed by atoms with Gasteiger partial charge in [0.1, 0.15) is 11.6 Å². The maximum atomic E-state index is 13.6. The third-order valence-electron chi connectivity index (χ3n) is 8.88. The van der Waals surface area contributed by atoms with E-state index in [1.807, 2.05) is 25.1 Å². The van der Waals surface area contributed by atoms with E-state index < -0.39 is 18.0 Å². The quantitative estimate of drug-likeness (QED) is 0.125. The van der Waals surface area contributed by atoms with E-state index in [1.54, 1.807) is 4.90 Å². The number of carbonyl (C=O) groups excluding carboxylic acids is 1. The molecule has 236 valence electrons. The summed E-state index contributed by atoms with van der Waals surface area (Å²) >= 11 is 9.03. The smallest absolute Gasteiger partial charge is 0.410 e. The third-order valence-corrected chi connectivity index (χ3v) is 10.1. The van der Waals surface area contributed by atoms with Gasteiger partial charge in [-0.05, 0) is 123 Å². The normalized spacial score (nSPS) is 18.3. The van der Waals surface area contributed by atoms with Crippen LogP contribution in [0.4, 0.5) is 9.18 Å². The molecule has 2 heterocycles. The predicted octanol–water partition coefficient (Wildman–Crippen LogP) is 9.82. The molecule has 45 heavy (non-hydrogen) atoms. The lowest BCUT2D eigenvalue weighted by Gasteiger charge is -2.37. The SMILES string of the molecule is C#CC1=C(c2cc(Cl)ccc2C)CCN(C(=O)Oc2ccc(F)cc2)C1c1ccc(CCCC(I)CN2CCCCCC2)cc1. The van der Waals surface area contributed by atoms with E-state index >= 15 is 0 Å². The number of hydrogen-bond donors (Lipinski definition) is 0. The Morgan fingerprint density at radius 2 is 1.76 bits per heavy atom. The zero-order valence-electron chi connectivity index (χ0n) is 25.9. The highest BCUT2D eigenvalue weighted by Crippen LogP contribution is 2.41. The van der Waals surface area contributed by atoms with Gasteiger partial charge in [0.2, 0.25) is 0 Å². The van der Waals surface area contributed by atoms with E-state index in [1.165, 1.54) is 81.6 Å². The maximum Gasteiger partial charge on any atom is 0.416 e. The van der Waals surface area contributed by atoms with Crippen LogP contribution in [0.1, 0.15) is 73.2 Å². The van der Waals surface area contributed by atoms with Gasteiger partial charge >= 0.3 is 6.09 Å². The van der Waals surface area contributed by atoms with E-state index in [-0.39, 0.29) is 5.75 Å². The monoisotopic (exact) mass is 738 g/mol. The lowest BCUT2D eigenvalue weighted by Crippen LogP contribution is -2.41. The van der Waals surface area contributed by atoms with Crippen molar-refractivity contribution in [2.45, 2.75) is 68.3 Å². The molecule has 1 fully saturated rings. The minimum Gasteiger partial charge on any atom is -0.410 e. The Morgan fingerprint density at radius 1 is 1.04 bits per heavy atom. The van der Waals surface area contributed by atoms with Crippen molar-refractivity contribution in [1.82, 2.24) is 9.80 Å². The first-order chi connectivity index (χ1) is 21.8. The molecule has 0 bridgehead atoms. The van der Waals surface area contributed by atoms with Crippen molar-refractivity contribution < 1.29 is 13.9 Å². The van der Waals surface area contributed by atoms with Crippen molar-refractivity contribution in [2.24, 2.45) is 0 Å². The van der Waals surface area contributed by atoms with Gasteiger partial charge in [-0.1, -0.05) is 83.3 Å². The van der Waals surface area contributed by atoms with Crippen LogP contribution in [0.15, 0.2) is 72.3 Å². The van der Waals surface area contributed by atoms with Crippen LogP contribution >= 0.6 is 34.2 Å². The molecule has 1 amide bonds. The molecule has 2 unspecified atom stereocenters. The number of terminal acetylenes is 1. The molecule has 4 nitrogen and oxygen atoms in total. The Bertz CT molecular complexity index is 1520. The summed E-state index contributed by atoms with van der Waals surface area (Å²) < 4.78 is 19.8. The molecule has 2 atom stereocenters. The number of benzene rings is 3. The summed E-state index contributed by atoms with van der Waals surface area (Å²) in [7, 11) is 0. The Balaban J connectivity index is 1.35. The Hall–Kier alpha value is -2.86. The van der Waals surface area contributed by atoms with Crippen LogP contribution in [0.3, 0.4) is 0 Å². The van der Waals surface area contributed by atoms with Crippen molar-refractivity contribution in [3.8, 4) is 18.1 Å².